The van der Waals surface area contributed by atoms with Crippen LogP contribution in [0.5, 0.6) is 0 Å². The summed E-state index contributed by atoms with van der Waals surface area (Å²) in [6, 6.07) is 5.24. The number of nitrogen functional groups attached to an aromatic ring is 1. The molecule has 0 amide bonds. The van der Waals surface area contributed by atoms with E-state index in [4.69, 9.17) is 17.0 Å². The van der Waals surface area contributed by atoms with Crippen molar-refractivity contribution in [2.45, 2.75) is 13.0 Å². The maximum absolute atomic E-state index is 6.80. The van der Waals surface area contributed by atoms with Crippen LogP contribution in [-0.2, 0) is 4.74 Å². The lowest BCUT2D eigenvalue weighted by molar-refractivity contribution is 0.120. The predicted molar refractivity (Wildman–Crippen MR) is 52.5 cm³/mol. The van der Waals surface area contributed by atoms with Crippen LogP contribution in [0, 0.1) is 6.57 Å². The van der Waals surface area contributed by atoms with Crippen LogP contribution in [0.3, 0.4) is 0 Å². The van der Waals surface area contributed by atoms with Crippen LogP contribution in [0.15, 0.2) is 18.2 Å². The molecule has 0 fully saturated rings. The largest absolute Gasteiger partial charge is 0.399 e. The summed E-state index contributed by atoms with van der Waals surface area (Å²) >= 11 is 0. The highest BCUT2D eigenvalue weighted by atomic mass is 16.5. The van der Waals surface area contributed by atoms with Gasteiger partial charge in [0, 0.05) is 18.4 Å². The van der Waals surface area contributed by atoms with E-state index in [1.54, 1.807) is 19.2 Å². The molecule has 0 aromatic heterocycles. The number of rotatable bonds is 2. The number of nitrogens with two attached hydrogens (primary N) is 1. The van der Waals surface area contributed by atoms with Crippen LogP contribution in [0.1, 0.15) is 18.6 Å². The Hall–Kier alpha value is -1.53. The normalized spacial score (nSPS) is 12.1. The van der Waals surface area contributed by atoms with Gasteiger partial charge in [0.1, 0.15) is 0 Å². The smallest absolute Gasteiger partial charge is 0.189 e. The summed E-state index contributed by atoms with van der Waals surface area (Å²) in [7, 11) is 1.63. The average molecular weight is 176 g/mol. The van der Waals surface area contributed by atoms with Gasteiger partial charge in [0.05, 0.1) is 12.7 Å². The molecule has 0 spiro atoms. The minimum absolute atomic E-state index is 0.0280. The monoisotopic (exact) mass is 176 g/mol. The summed E-state index contributed by atoms with van der Waals surface area (Å²) in [6.45, 7) is 8.72. The number of anilines is 1. The molecule has 0 aliphatic carbocycles. The summed E-state index contributed by atoms with van der Waals surface area (Å²) < 4.78 is 5.13. The first kappa shape index (κ1) is 9.56. The van der Waals surface area contributed by atoms with E-state index in [-0.39, 0.29) is 6.10 Å². The zero-order valence-electron chi connectivity index (χ0n) is 7.74. The first-order chi connectivity index (χ1) is 6.19. The van der Waals surface area contributed by atoms with Gasteiger partial charge in [-0.3, -0.25) is 0 Å². The molecule has 0 radical (unpaired) electrons. The minimum atomic E-state index is -0.0280. The zero-order chi connectivity index (χ0) is 9.84. The molecule has 0 saturated heterocycles. The Morgan fingerprint density at radius 2 is 2.23 bits per heavy atom. The Morgan fingerprint density at radius 1 is 1.54 bits per heavy atom. The van der Waals surface area contributed by atoms with Crippen molar-refractivity contribution in [3.63, 3.8) is 0 Å². The lowest BCUT2D eigenvalue weighted by Crippen LogP contribution is -2.00. The molecule has 1 aromatic rings. The second kappa shape index (κ2) is 3.92. The third-order valence-corrected chi connectivity index (χ3v) is 1.99. The van der Waals surface area contributed by atoms with E-state index >= 15 is 0 Å². The lowest BCUT2D eigenvalue weighted by atomic mass is 10.1. The number of benzene rings is 1. The number of hydrogen-bond acceptors (Lipinski definition) is 2. The summed E-state index contributed by atoms with van der Waals surface area (Å²) in [5, 5.41) is 0. The lowest BCUT2D eigenvalue weighted by Gasteiger charge is -2.12. The van der Waals surface area contributed by atoms with Gasteiger partial charge in [-0.05, 0) is 13.0 Å². The van der Waals surface area contributed by atoms with E-state index in [9.17, 15) is 0 Å². The fourth-order valence-electron chi connectivity index (χ4n) is 1.13. The average Bonchev–Trinajstić information content (AvgIpc) is 2.16. The van der Waals surface area contributed by atoms with Crippen molar-refractivity contribution in [1.29, 1.82) is 0 Å². The summed E-state index contributed by atoms with van der Waals surface area (Å²) in [6.07, 6.45) is -0.0280. The number of hydrogen-bond donors (Lipinski definition) is 1. The number of nitrogens with zero attached hydrogens (tertiary/aromatic N) is 1. The van der Waals surface area contributed by atoms with Gasteiger partial charge in [-0.25, -0.2) is 4.85 Å². The summed E-state index contributed by atoms with van der Waals surface area (Å²) in [4.78, 5) is 3.29. The van der Waals surface area contributed by atoms with E-state index < -0.39 is 0 Å². The highest BCUT2D eigenvalue weighted by Gasteiger charge is 2.07. The molecule has 1 unspecified atom stereocenters. The molecule has 1 rings (SSSR count). The first-order valence-corrected chi connectivity index (χ1v) is 3.98. The third-order valence-electron chi connectivity index (χ3n) is 1.99. The van der Waals surface area contributed by atoms with Gasteiger partial charge in [0.25, 0.3) is 0 Å². The molecule has 68 valence electrons. The molecule has 0 aliphatic heterocycles. The molecule has 0 saturated carbocycles. The van der Waals surface area contributed by atoms with Crippen LogP contribution in [0.25, 0.3) is 4.85 Å². The van der Waals surface area contributed by atoms with E-state index in [0.717, 1.165) is 5.56 Å². The molecule has 1 aromatic carbocycles. The van der Waals surface area contributed by atoms with Crippen molar-refractivity contribution in [1.82, 2.24) is 0 Å². The van der Waals surface area contributed by atoms with Gasteiger partial charge in [-0.15, -0.1) is 0 Å². The van der Waals surface area contributed by atoms with Crippen molar-refractivity contribution in [3.05, 3.63) is 35.2 Å². The van der Waals surface area contributed by atoms with Crippen molar-refractivity contribution in [2.24, 2.45) is 0 Å². The molecule has 0 bridgehead atoms. The second-order valence-electron chi connectivity index (χ2n) is 2.80. The van der Waals surface area contributed by atoms with Crippen molar-refractivity contribution in [3.8, 4) is 0 Å². The molecule has 13 heavy (non-hydrogen) atoms. The Kier molecular flexibility index (Phi) is 2.88. The van der Waals surface area contributed by atoms with Crippen LogP contribution >= 0.6 is 0 Å². The highest BCUT2D eigenvalue weighted by Crippen LogP contribution is 2.26. The van der Waals surface area contributed by atoms with Crippen molar-refractivity contribution < 1.29 is 4.74 Å². The fourth-order valence-corrected chi connectivity index (χ4v) is 1.13. The molecule has 3 nitrogen and oxygen atoms in total. The SMILES string of the molecule is [C-]#[N+]c1ccc(C(C)OC)c(N)c1. The Labute approximate surface area is 77.9 Å². The second-order valence-corrected chi connectivity index (χ2v) is 2.80. The van der Waals surface area contributed by atoms with Crippen LogP contribution in [-0.4, -0.2) is 7.11 Å². The fraction of sp³-hybridized carbons (Fsp3) is 0.300. The number of ether oxygens (including phenoxy) is 1. The summed E-state index contributed by atoms with van der Waals surface area (Å²) in [5.41, 5.74) is 7.85. The van der Waals surface area contributed by atoms with Crippen LogP contribution < -0.4 is 5.73 Å². The minimum Gasteiger partial charge on any atom is -0.399 e. The maximum atomic E-state index is 6.80. The topological polar surface area (TPSA) is 39.6 Å². The number of methoxy groups -OCH3 is 1. The zero-order valence-corrected chi connectivity index (χ0v) is 7.74. The standard InChI is InChI=1S/C10H12N2O/c1-7(13-3)9-5-4-8(12-2)6-10(9)11/h4-7H,11H2,1,3H3. The van der Waals surface area contributed by atoms with Gasteiger partial charge in [0.2, 0.25) is 0 Å². The van der Waals surface area contributed by atoms with Crippen LogP contribution in [0.4, 0.5) is 11.4 Å². The van der Waals surface area contributed by atoms with E-state index in [0.29, 0.717) is 11.4 Å². The van der Waals surface area contributed by atoms with Crippen molar-refractivity contribution in [2.75, 3.05) is 12.8 Å². The molecule has 2 N–H and O–H groups in total. The van der Waals surface area contributed by atoms with Crippen molar-refractivity contribution >= 4 is 11.4 Å². The molecule has 3 heteroatoms. The van der Waals surface area contributed by atoms with E-state index in [1.165, 1.54) is 0 Å². The van der Waals surface area contributed by atoms with Gasteiger partial charge < -0.3 is 10.5 Å². The molecule has 0 aliphatic rings. The predicted octanol–water partition coefficient (Wildman–Crippen LogP) is 2.53. The third kappa shape index (κ3) is 1.98. The van der Waals surface area contributed by atoms with Gasteiger partial charge in [-0.1, -0.05) is 12.1 Å². The van der Waals surface area contributed by atoms with Crippen LogP contribution in [0.2, 0.25) is 0 Å². The quantitative estimate of drug-likeness (QED) is 0.555. The molecular formula is C10H12N2O. The van der Waals surface area contributed by atoms with E-state index in [1.807, 2.05) is 13.0 Å². The van der Waals surface area contributed by atoms with Gasteiger partial charge in [0.15, 0.2) is 5.69 Å². The Morgan fingerprint density at radius 3 is 2.69 bits per heavy atom. The Balaban J connectivity index is 3.07. The van der Waals surface area contributed by atoms with Gasteiger partial charge in [-0.2, -0.15) is 0 Å². The maximum Gasteiger partial charge on any atom is 0.189 e. The van der Waals surface area contributed by atoms with E-state index in [2.05, 4.69) is 4.85 Å². The molecule has 1 atom stereocenters. The summed E-state index contributed by atoms with van der Waals surface area (Å²) in [5.74, 6) is 0. The molecular weight excluding hydrogens is 164 g/mol. The molecule has 0 heterocycles. The highest BCUT2D eigenvalue weighted by molar-refractivity contribution is 5.59. The van der Waals surface area contributed by atoms with Gasteiger partial charge >= 0.3 is 0 Å². The Bertz CT molecular complexity index is 341. The first-order valence-electron chi connectivity index (χ1n) is 3.98.